The van der Waals surface area contributed by atoms with E-state index in [0.29, 0.717) is 0 Å². The lowest BCUT2D eigenvalue weighted by Gasteiger charge is -2.32. The monoisotopic (exact) mass is 141 g/mol. The van der Waals surface area contributed by atoms with E-state index in [1.54, 1.807) is 0 Å². The van der Waals surface area contributed by atoms with E-state index in [0.717, 1.165) is 6.04 Å². The highest BCUT2D eigenvalue weighted by atomic mass is 15.1. The molecule has 0 amide bonds. The molecule has 1 aliphatic heterocycles. The molecule has 0 radical (unpaired) electrons. The number of likely N-dealkylation sites (tertiary alicyclic amines) is 1. The van der Waals surface area contributed by atoms with Gasteiger partial charge in [-0.25, -0.2) is 0 Å². The van der Waals surface area contributed by atoms with Gasteiger partial charge < -0.3 is 4.90 Å². The quantitative estimate of drug-likeness (QED) is 0.570. The Morgan fingerprint density at radius 3 is 2.80 bits per heavy atom. The summed E-state index contributed by atoms with van der Waals surface area (Å²) in [5.74, 6) is 0. The molecule has 0 spiro atoms. The molecule has 1 heteroatoms. The summed E-state index contributed by atoms with van der Waals surface area (Å²) in [6.07, 6.45) is 5.59. The van der Waals surface area contributed by atoms with Crippen LogP contribution in [0.4, 0.5) is 0 Å². The number of nitrogens with zero attached hydrogens (tertiary/aromatic N) is 1. The van der Waals surface area contributed by atoms with E-state index >= 15 is 0 Å². The van der Waals surface area contributed by atoms with Gasteiger partial charge in [0.2, 0.25) is 0 Å². The van der Waals surface area contributed by atoms with Crippen molar-refractivity contribution >= 4 is 0 Å². The SMILES string of the molecule is CCCN1CCCC[C@@H]1C. The third-order valence-corrected chi connectivity index (χ3v) is 2.45. The van der Waals surface area contributed by atoms with Gasteiger partial charge in [0, 0.05) is 6.04 Å². The van der Waals surface area contributed by atoms with E-state index in [2.05, 4.69) is 18.7 Å². The Hall–Kier alpha value is -0.0400. The van der Waals surface area contributed by atoms with Gasteiger partial charge in [0.1, 0.15) is 0 Å². The summed E-state index contributed by atoms with van der Waals surface area (Å²) in [5, 5.41) is 0. The molecule has 10 heavy (non-hydrogen) atoms. The maximum absolute atomic E-state index is 2.61. The van der Waals surface area contributed by atoms with E-state index < -0.39 is 0 Å². The van der Waals surface area contributed by atoms with Crippen LogP contribution in [-0.2, 0) is 0 Å². The van der Waals surface area contributed by atoms with Crippen molar-refractivity contribution in [2.45, 2.75) is 45.6 Å². The molecule has 0 aromatic carbocycles. The highest BCUT2D eigenvalue weighted by molar-refractivity contribution is 4.71. The van der Waals surface area contributed by atoms with Crippen LogP contribution in [0.3, 0.4) is 0 Å². The molecular formula is C9H19N. The first kappa shape index (κ1) is 8.06. The van der Waals surface area contributed by atoms with Crippen LogP contribution in [0.1, 0.15) is 39.5 Å². The fourth-order valence-electron chi connectivity index (χ4n) is 1.78. The number of rotatable bonds is 2. The van der Waals surface area contributed by atoms with Gasteiger partial charge in [0.05, 0.1) is 0 Å². The van der Waals surface area contributed by atoms with Crippen molar-refractivity contribution in [1.29, 1.82) is 0 Å². The van der Waals surface area contributed by atoms with Gasteiger partial charge in [-0.05, 0) is 39.3 Å². The summed E-state index contributed by atoms with van der Waals surface area (Å²) >= 11 is 0. The second kappa shape index (κ2) is 3.97. The minimum absolute atomic E-state index is 0.855. The molecule has 1 nitrogen and oxygen atoms in total. The van der Waals surface area contributed by atoms with Crippen LogP contribution in [0.5, 0.6) is 0 Å². The summed E-state index contributed by atoms with van der Waals surface area (Å²) in [4.78, 5) is 2.61. The van der Waals surface area contributed by atoms with Crippen molar-refractivity contribution in [1.82, 2.24) is 4.90 Å². The van der Waals surface area contributed by atoms with Crippen LogP contribution in [0.15, 0.2) is 0 Å². The minimum atomic E-state index is 0.855. The first-order valence-electron chi connectivity index (χ1n) is 4.58. The lowest BCUT2D eigenvalue weighted by Crippen LogP contribution is -2.37. The predicted octanol–water partition coefficient (Wildman–Crippen LogP) is 2.27. The first-order chi connectivity index (χ1) is 4.84. The normalized spacial score (nSPS) is 28.8. The zero-order valence-corrected chi connectivity index (χ0v) is 7.27. The second-order valence-electron chi connectivity index (χ2n) is 3.38. The lowest BCUT2D eigenvalue weighted by atomic mass is 10.0. The van der Waals surface area contributed by atoms with E-state index in [4.69, 9.17) is 0 Å². The maximum Gasteiger partial charge on any atom is 0.00669 e. The Balaban J connectivity index is 2.25. The third kappa shape index (κ3) is 1.98. The van der Waals surface area contributed by atoms with Gasteiger partial charge in [-0.2, -0.15) is 0 Å². The zero-order valence-electron chi connectivity index (χ0n) is 7.27. The molecule has 1 aliphatic rings. The first-order valence-corrected chi connectivity index (χ1v) is 4.58. The Kier molecular flexibility index (Phi) is 3.20. The van der Waals surface area contributed by atoms with Gasteiger partial charge in [-0.3, -0.25) is 0 Å². The van der Waals surface area contributed by atoms with E-state index in [1.807, 2.05) is 0 Å². The van der Waals surface area contributed by atoms with Crippen LogP contribution in [-0.4, -0.2) is 24.0 Å². The Morgan fingerprint density at radius 2 is 2.20 bits per heavy atom. The summed E-state index contributed by atoms with van der Waals surface area (Å²) in [5.41, 5.74) is 0. The molecule has 0 aromatic heterocycles. The molecule has 1 rings (SSSR count). The van der Waals surface area contributed by atoms with Crippen molar-refractivity contribution < 1.29 is 0 Å². The van der Waals surface area contributed by atoms with Crippen molar-refractivity contribution in [2.24, 2.45) is 0 Å². The fraction of sp³-hybridized carbons (Fsp3) is 1.00. The van der Waals surface area contributed by atoms with Crippen LogP contribution >= 0.6 is 0 Å². The zero-order chi connectivity index (χ0) is 7.40. The highest BCUT2D eigenvalue weighted by Crippen LogP contribution is 2.15. The Morgan fingerprint density at radius 1 is 1.40 bits per heavy atom. The second-order valence-corrected chi connectivity index (χ2v) is 3.38. The molecule has 0 unspecified atom stereocenters. The van der Waals surface area contributed by atoms with Gasteiger partial charge in [-0.1, -0.05) is 13.3 Å². The van der Waals surface area contributed by atoms with Crippen molar-refractivity contribution in [3.8, 4) is 0 Å². The van der Waals surface area contributed by atoms with Crippen LogP contribution in [0.2, 0.25) is 0 Å². The van der Waals surface area contributed by atoms with Gasteiger partial charge >= 0.3 is 0 Å². The summed E-state index contributed by atoms with van der Waals surface area (Å²) in [6, 6.07) is 0.855. The molecule has 0 bridgehead atoms. The molecule has 0 aliphatic carbocycles. The predicted molar refractivity (Wildman–Crippen MR) is 45.2 cm³/mol. The van der Waals surface area contributed by atoms with Gasteiger partial charge in [0.25, 0.3) is 0 Å². The molecule has 0 N–H and O–H groups in total. The molecular weight excluding hydrogens is 122 g/mol. The third-order valence-electron chi connectivity index (χ3n) is 2.45. The largest absolute Gasteiger partial charge is 0.301 e. The van der Waals surface area contributed by atoms with Crippen molar-refractivity contribution in [3.63, 3.8) is 0 Å². The smallest absolute Gasteiger partial charge is 0.00669 e. The Labute approximate surface area is 64.4 Å². The Bertz CT molecular complexity index is 88.7. The topological polar surface area (TPSA) is 3.24 Å². The molecule has 1 heterocycles. The van der Waals surface area contributed by atoms with Crippen LogP contribution in [0, 0.1) is 0 Å². The molecule has 0 saturated carbocycles. The van der Waals surface area contributed by atoms with E-state index in [9.17, 15) is 0 Å². The molecule has 1 fully saturated rings. The fourth-order valence-corrected chi connectivity index (χ4v) is 1.78. The summed E-state index contributed by atoms with van der Waals surface area (Å²) in [6.45, 7) is 7.27. The number of hydrogen-bond acceptors (Lipinski definition) is 1. The van der Waals surface area contributed by atoms with Gasteiger partial charge in [0.15, 0.2) is 0 Å². The average Bonchev–Trinajstić information content (AvgIpc) is 1.94. The maximum atomic E-state index is 2.61. The standard InChI is InChI=1S/C9H19N/c1-3-7-10-8-5-4-6-9(10)2/h9H,3-8H2,1-2H3/t9-/m0/s1. The minimum Gasteiger partial charge on any atom is -0.301 e. The van der Waals surface area contributed by atoms with Crippen LogP contribution in [0.25, 0.3) is 0 Å². The molecule has 1 saturated heterocycles. The van der Waals surface area contributed by atoms with Crippen molar-refractivity contribution in [2.75, 3.05) is 13.1 Å². The summed E-state index contributed by atoms with van der Waals surface area (Å²) < 4.78 is 0. The molecule has 60 valence electrons. The lowest BCUT2D eigenvalue weighted by molar-refractivity contribution is 0.161. The number of hydrogen-bond donors (Lipinski definition) is 0. The van der Waals surface area contributed by atoms with Gasteiger partial charge in [-0.15, -0.1) is 0 Å². The average molecular weight is 141 g/mol. The summed E-state index contributed by atoms with van der Waals surface area (Å²) in [7, 11) is 0. The highest BCUT2D eigenvalue weighted by Gasteiger charge is 2.15. The molecule has 0 aromatic rings. The van der Waals surface area contributed by atoms with Crippen molar-refractivity contribution in [3.05, 3.63) is 0 Å². The van der Waals surface area contributed by atoms with E-state index in [1.165, 1.54) is 38.8 Å². The van der Waals surface area contributed by atoms with E-state index in [-0.39, 0.29) is 0 Å². The number of piperidine rings is 1. The van der Waals surface area contributed by atoms with Crippen LogP contribution < -0.4 is 0 Å². The molecule has 1 atom stereocenters.